The third-order valence-electron chi connectivity index (χ3n) is 2.09. The highest BCUT2D eigenvalue weighted by molar-refractivity contribution is 5.25. The van der Waals surface area contributed by atoms with Crippen LogP contribution in [0.1, 0.15) is 24.2 Å². The van der Waals surface area contributed by atoms with Crippen molar-refractivity contribution >= 4 is 0 Å². The summed E-state index contributed by atoms with van der Waals surface area (Å²) in [6.07, 6.45) is -0.366. The van der Waals surface area contributed by atoms with Gasteiger partial charge in [-0.15, -0.1) is 0 Å². The fraction of sp³-hybridized carbons (Fsp3) is 0.455. The van der Waals surface area contributed by atoms with E-state index < -0.39 is 6.10 Å². The molecular weight excluding hydrogens is 178 g/mol. The maximum Gasteiger partial charge on any atom is 0.0912 e. The number of benzene rings is 1. The fourth-order valence-electron chi connectivity index (χ4n) is 1.40. The molecule has 0 spiro atoms. The van der Waals surface area contributed by atoms with Crippen LogP contribution < -0.4 is 5.73 Å². The van der Waals surface area contributed by atoms with Crippen molar-refractivity contribution in [2.75, 3.05) is 6.54 Å². The van der Waals surface area contributed by atoms with Crippen molar-refractivity contribution in [2.24, 2.45) is 5.73 Å². The molecule has 0 heterocycles. The van der Waals surface area contributed by atoms with Gasteiger partial charge in [0.15, 0.2) is 0 Å². The molecule has 0 saturated heterocycles. The molecule has 3 nitrogen and oxygen atoms in total. The van der Waals surface area contributed by atoms with Crippen LogP contribution in [0.2, 0.25) is 0 Å². The van der Waals surface area contributed by atoms with E-state index in [2.05, 4.69) is 0 Å². The summed E-state index contributed by atoms with van der Waals surface area (Å²) < 4.78 is 0. The lowest BCUT2D eigenvalue weighted by molar-refractivity contribution is 0.185. The molecule has 3 heteroatoms. The highest BCUT2D eigenvalue weighted by Gasteiger charge is 2.06. The molecular formula is C11H17NO2. The van der Waals surface area contributed by atoms with Crippen molar-refractivity contribution in [3.05, 3.63) is 35.4 Å². The molecule has 14 heavy (non-hydrogen) atoms. The zero-order chi connectivity index (χ0) is 10.6. The quantitative estimate of drug-likeness (QED) is 0.659. The van der Waals surface area contributed by atoms with Crippen molar-refractivity contribution in [3.63, 3.8) is 0 Å². The summed E-state index contributed by atoms with van der Waals surface area (Å²) in [5.41, 5.74) is 7.19. The second-order valence-corrected chi connectivity index (χ2v) is 3.55. The molecule has 0 amide bonds. The molecule has 0 radical (unpaired) electrons. The normalized spacial score (nSPS) is 15.1. The van der Waals surface area contributed by atoms with Crippen molar-refractivity contribution in [1.29, 1.82) is 0 Å². The maximum atomic E-state index is 9.50. The molecule has 0 aliphatic heterocycles. The fourth-order valence-corrected chi connectivity index (χ4v) is 1.40. The van der Waals surface area contributed by atoms with E-state index in [9.17, 15) is 10.2 Å². The van der Waals surface area contributed by atoms with Crippen LogP contribution in [0.5, 0.6) is 0 Å². The van der Waals surface area contributed by atoms with E-state index in [0.29, 0.717) is 6.42 Å². The van der Waals surface area contributed by atoms with Crippen molar-refractivity contribution < 1.29 is 10.2 Å². The predicted octanol–water partition coefficient (Wildman–Crippen LogP) is 0.602. The molecule has 0 bridgehead atoms. The Morgan fingerprint density at radius 2 is 2.07 bits per heavy atom. The number of aliphatic hydroxyl groups is 2. The standard InChI is InChI=1S/C11H17NO2/c1-8(13)5-9-3-2-4-10(6-9)11(14)7-12/h2-4,6,8,11,13-14H,5,7,12H2,1H3. The largest absolute Gasteiger partial charge is 0.393 e. The Hall–Kier alpha value is -0.900. The Kier molecular flexibility index (Phi) is 4.07. The van der Waals surface area contributed by atoms with Gasteiger partial charge >= 0.3 is 0 Å². The van der Waals surface area contributed by atoms with E-state index in [1.54, 1.807) is 6.92 Å². The predicted molar refractivity (Wildman–Crippen MR) is 55.8 cm³/mol. The Morgan fingerprint density at radius 3 is 2.64 bits per heavy atom. The molecule has 0 aromatic heterocycles. The summed E-state index contributed by atoms with van der Waals surface area (Å²) in [5, 5.41) is 18.7. The lowest BCUT2D eigenvalue weighted by Crippen LogP contribution is -2.12. The van der Waals surface area contributed by atoms with Crippen molar-refractivity contribution in [2.45, 2.75) is 25.6 Å². The first kappa shape index (κ1) is 11.2. The third kappa shape index (κ3) is 3.10. The molecule has 1 aromatic carbocycles. The third-order valence-corrected chi connectivity index (χ3v) is 2.09. The van der Waals surface area contributed by atoms with Gasteiger partial charge in [0.1, 0.15) is 0 Å². The number of rotatable bonds is 4. The minimum atomic E-state index is -0.607. The zero-order valence-corrected chi connectivity index (χ0v) is 8.35. The van der Waals surface area contributed by atoms with Crippen LogP contribution >= 0.6 is 0 Å². The molecule has 4 N–H and O–H groups in total. The summed E-state index contributed by atoms with van der Waals surface area (Å²) in [6, 6.07) is 7.51. The molecule has 1 aromatic rings. The molecule has 2 unspecified atom stereocenters. The first-order chi connectivity index (χ1) is 6.63. The average molecular weight is 195 g/mol. The monoisotopic (exact) mass is 195 g/mol. The summed E-state index contributed by atoms with van der Waals surface area (Å²) in [5.74, 6) is 0. The molecule has 1 rings (SSSR count). The van der Waals surface area contributed by atoms with Gasteiger partial charge in [-0.05, 0) is 24.5 Å². The van der Waals surface area contributed by atoms with E-state index in [1.807, 2.05) is 24.3 Å². The van der Waals surface area contributed by atoms with E-state index in [-0.39, 0.29) is 12.6 Å². The second-order valence-electron chi connectivity index (χ2n) is 3.55. The van der Waals surface area contributed by atoms with Crippen LogP contribution in [-0.4, -0.2) is 22.9 Å². The second kappa shape index (κ2) is 5.10. The maximum absolute atomic E-state index is 9.50. The van der Waals surface area contributed by atoms with Crippen molar-refractivity contribution in [1.82, 2.24) is 0 Å². The lowest BCUT2D eigenvalue weighted by atomic mass is 10.0. The van der Waals surface area contributed by atoms with E-state index in [0.717, 1.165) is 11.1 Å². The SMILES string of the molecule is CC(O)Cc1cccc(C(O)CN)c1. The van der Waals surface area contributed by atoms with Crippen LogP contribution in [-0.2, 0) is 6.42 Å². The average Bonchev–Trinajstić information content (AvgIpc) is 2.16. The van der Waals surface area contributed by atoms with Crippen LogP contribution in [0.3, 0.4) is 0 Å². The van der Waals surface area contributed by atoms with Gasteiger partial charge in [0, 0.05) is 6.54 Å². The topological polar surface area (TPSA) is 66.5 Å². The van der Waals surface area contributed by atoms with Gasteiger partial charge in [0.25, 0.3) is 0 Å². The van der Waals surface area contributed by atoms with E-state index in [1.165, 1.54) is 0 Å². The van der Waals surface area contributed by atoms with Gasteiger partial charge < -0.3 is 15.9 Å². The van der Waals surface area contributed by atoms with Crippen LogP contribution in [0, 0.1) is 0 Å². The Morgan fingerprint density at radius 1 is 1.36 bits per heavy atom. The van der Waals surface area contributed by atoms with Gasteiger partial charge in [0.2, 0.25) is 0 Å². The summed E-state index contributed by atoms with van der Waals surface area (Å²) in [7, 11) is 0. The van der Waals surface area contributed by atoms with Gasteiger partial charge in [0.05, 0.1) is 12.2 Å². The summed E-state index contributed by atoms with van der Waals surface area (Å²) >= 11 is 0. The Bertz CT molecular complexity index is 286. The highest BCUT2D eigenvalue weighted by Crippen LogP contribution is 2.14. The molecule has 0 saturated carbocycles. The first-order valence-electron chi connectivity index (χ1n) is 4.78. The summed E-state index contributed by atoms with van der Waals surface area (Å²) in [6.45, 7) is 1.96. The Labute approximate surface area is 84.2 Å². The number of aliphatic hydroxyl groups excluding tert-OH is 2. The van der Waals surface area contributed by atoms with Crippen LogP contribution in [0.15, 0.2) is 24.3 Å². The first-order valence-corrected chi connectivity index (χ1v) is 4.78. The molecule has 0 aliphatic carbocycles. The molecule has 0 fully saturated rings. The number of hydrogen-bond acceptors (Lipinski definition) is 3. The molecule has 0 aliphatic rings. The van der Waals surface area contributed by atoms with Crippen molar-refractivity contribution in [3.8, 4) is 0 Å². The lowest BCUT2D eigenvalue weighted by Gasteiger charge is -2.10. The van der Waals surface area contributed by atoms with E-state index >= 15 is 0 Å². The molecule has 78 valence electrons. The Balaban J connectivity index is 2.78. The smallest absolute Gasteiger partial charge is 0.0912 e. The molecule has 2 atom stereocenters. The minimum absolute atomic E-state index is 0.220. The number of hydrogen-bond donors (Lipinski definition) is 3. The minimum Gasteiger partial charge on any atom is -0.393 e. The number of nitrogens with two attached hydrogens (primary N) is 1. The van der Waals surface area contributed by atoms with E-state index in [4.69, 9.17) is 5.73 Å². The zero-order valence-electron chi connectivity index (χ0n) is 8.35. The summed E-state index contributed by atoms with van der Waals surface area (Å²) in [4.78, 5) is 0. The van der Waals surface area contributed by atoms with Gasteiger partial charge in [-0.3, -0.25) is 0 Å². The van der Waals surface area contributed by atoms with Gasteiger partial charge in [-0.25, -0.2) is 0 Å². The van der Waals surface area contributed by atoms with Crippen LogP contribution in [0.25, 0.3) is 0 Å². The van der Waals surface area contributed by atoms with Gasteiger partial charge in [-0.2, -0.15) is 0 Å². The highest BCUT2D eigenvalue weighted by atomic mass is 16.3. The van der Waals surface area contributed by atoms with Crippen LogP contribution in [0.4, 0.5) is 0 Å². The van der Waals surface area contributed by atoms with Gasteiger partial charge in [-0.1, -0.05) is 24.3 Å².